The Kier molecular flexibility index (Phi) is 5.05. The minimum Gasteiger partial charge on any atom is -0.370 e. The first-order chi connectivity index (χ1) is 7.19. The zero-order valence-corrected chi connectivity index (χ0v) is 10.1. The average molecular weight is 233 g/mol. The molecule has 0 fully saturated rings. The van der Waals surface area contributed by atoms with Crippen molar-refractivity contribution in [3.8, 4) is 0 Å². The van der Waals surface area contributed by atoms with Gasteiger partial charge < -0.3 is 9.26 Å². The Morgan fingerprint density at radius 2 is 2.20 bits per heavy atom. The summed E-state index contributed by atoms with van der Waals surface area (Å²) in [6, 6.07) is 0. The van der Waals surface area contributed by atoms with Crippen LogP contribution < -0.4 is 0 Å². The molecule has 4 nitrogen and oxygen atoms in total. The quantitative estimate of drug-likeness (QED) is 0.707. The highest BCUT2D eigenvalue weighted by molar-refractivity contribution is 6.20. The SMILES string of the molecule is CCCC(OCC)c1noc(C(C)Cl)n1. The van der Waals surface area contributed by atoms with Crippen LogP contribution in [0.3, 0.4) is 0 Å². The Hall–Kier alpha value is -0.610. The lowest BCUT2D eigenvalue weighted by molar-refractivity contribution is 0.0478. The molecule has 5 heteroatoms. The predicted octanol–water partition coefficient (Wildman–Crippen LogP) is 3.25. The maximum absolute atomic E-state index is 5.84. The zero-order chi connectivity index (χ0) is 11.3. The van der Waals surface area contributed by atoms with Crippen molar-refractivity contribution in [1.29, 1.82) is 0 Å². The molecule has 0 saturated carbocycles. The van der Waals surface area contributed by atoms with Gasteiger partial charge in [0.1, 0.15) is 11.5 Å². The summed E-state index contributed by atoms with van der Waals surface area (Å²) in [4.78, 5) is 4.21. The molecule has 0 amide bonds. The Balaban J connectivity index is 2.72. The molecule has 0 N–H and O–H groups in total. The van der Waals surface area contributed by atoms with E-state index >= 15 is 0 Å². The molecule has 2 unspecified atom stereocenters. The first-order valence-electron chi connectivity index (χ1n) is 5.28. The van der Waals surface area contributed by atoms with Gasteiger partial charge in [-0.2, -0.15) is 4.98 Å². The van der Waals surface area contributed by atoms with Crippen molar-refractivity contribution >= 4 is 11.6 Å². The van der Waals surface area contributed by atoms with E-state index in [-0.39, 0.29) is 11.5 Å². The van der Waals surface area contributed by atoms with E-state index in [9.17, 15) is 0 Å². The molecule has 2 atom stereocenters. The molecule has 0 aromatic carbocycles. The van der Waals surface area contributed by atoms with Crippen LogP contribution in [-0.2, 0) is 4.74 Å². The van der Waals surface area contributed by atoms with Crippen molar-refractivity contribution < 1.29 is 9.26 Å². The minimum absolute atomic E-state index is 0.0760. The Bertz CT molecular complexity index is 283. The maximum atomic E-state index is 5.84. The van der Waals surface area contributed by atoms with E-state index in [0.29, 0.717) is 18.3 Å². The predicted molar refractivity (Wildman–Crippen MR) is 57.8 cm³/mol. The van der Waals surface area contributed by atoms with E-state index in [0.717, 1.165) is 12.8 Å². The van der Waals surface area contributed by atoms with Crippen molar-refractivity contribution in [3.05, 3.63) is 11.7 Å². The summed E-state index contributed by atoms with van der Waals surface area (Å²) in [5.41, 5.74) is 0. The third-order valence-corrected chi connectivity index (χ3v) is 2.19. The highest BCUT2D eigenvalue weighted by Crippen LogP contribution is 2.23. The summed E-state index contributed by atoms with van der Waals surface area (Å²) < 4.78 is 10.6. The Morgan fingerprint density at radius 1 is 1.47 bits per heavy atom. The molecule has 0 spiro atoms. The molecule has 1 aromatic rings. The largest absolute Gasteiger partial charge is 0.370 e. The van der Waals surface area contributed by atoms with Crippen molar-refractivity contribution in [2.45, 2.75) is 45.1 Å². The van der Waals surface area contributed by atoms with Gasteiger partial charge in [0.2, 0.25) is 11.7 Å². The van der Waals surface area contributed by atoms with Crippen LogP contribution in [-0.4, -0.2) is 16.7 Å². The van der Waals surface area contributed by atoms with E-state index < -0.39 is 0 Å². The first kappa shape index (κ1) is 12.5. The molecule has 1 aromatic heterocycles. The van der Waals surface area contributed by atoms with Crippen molar-refractivity contribution in [2.75, 3.05) is 6.61 Å². The third-order valence-electron chi connectivity index (χ3n) is 2.00. The zero-order valence-electron chi connectivity index (χ0n) is 9.36. The van der Waals surface area contributed by atoms with Gasteiger partial charge in [-0.05, 0) is 20.3 Å². The van der Waals surface area contributed by atoms with Crippen LogP contribution in [0.2, 0.25) is 0 Å². The normalized spacial score (nSPS) is 15.2. The van der Waals surface area contributed by atoms with Gasteiger partial charge in [-0.15, -0.1) is 11.6 Å². The maximum Gasteiger partial charge on any atom is 0.244 e. The number of ether oxygens (including phenoxy) is 1. The summed E-state index contributed by atoms with van der Waals surface area (Å²) in [6.07, 6.45) is 1.84. The lowest BCUT2D eigenvalue weighted by Gasteiger charge is -2.11. The molecule has 1 rings (SSSR count). The molecule has 0 bridgehead atoms. The second-order valence-electron chi connectivity index (χ2n) is 3.34. The molecular weight excluding hydrogens is 216 g/mol. The highest BCUT2D eigenvalue weighted by Gasteiger charge is 2.19. The van der Waals surface area contributed by atoms with E-state index in [1.165, 1.54) is 0 Å². The van der Waals surface area contributed by atoms with Crippen LogP contribution in [0, 0.1) is 0 Å². The number of aromatic nitrogens is 2. The fourth-order valence-electron chi connectivity index (χ4n) is 1.29. The molecule has 15 heavy (non-hydrogen) atoms. The van der Waals surface area contributed by atoms with Crippen LogP contribution in [0.25, 0.3) is 0 Å². The lowest BCUT2D eigenvalue weighted by atomic mass is 10.2. The molecule has 0 radical (unpaired) electrons. The van der Waals surface area contributed by atoms with Gasteiger partial charge in [-0.1, -0.05) is 18.5 Å². The fourth-order valence-corrected chi connectivity index (χ4v) is 1.38. The van der Waals surface area contributed by atoms with E-state index in [4.69, 9.17) is 20.9 Å². The molecule has 0 aliphatic heterocycles. The number of halogens is 1. The van der Waals surface area contributed by atoms with Crippen molar-refractivity contribution in [1.82, 2.24) is 10.1 Å². The Morgan fingerprint density at radius 3 is 2.67 bits per heavy atom. The summed E-state index contributed by atoms with van der Waals surface area (Å²) in [5, 5.41) is 3.62. The number of nitrogens with zero attached hydrogens (tertiary/aromatic N) is 2. The molecule has 0 aliphatic carbocycles. The molecule has 1 heterocycles. The summed E-state index contributed by atoms with van der Waals surface area (Å²) in [7, 11) is 0. The monoisotopic (exact) mass is 232 g/mol. The summed E-state index contributed by atoms with van der Waals surface area (Å²) in [6.45, 7) is 6.49. The topological polar surface area (TPSA) is 48.2 Å². The smallest absolute Gasteiger partial charge is 0.244 e. The van der Waals surface area contributed by atoms with Gasteiger partial charge in [-0.25, -0.2) is 0 Å². The number of hydrogen-bond acceptors (Lipinski definition) is 4. The standard InChI is InChI=1S/C10H17ClN2O2/c1-4-6-8(14-5-2)9-12-10(7(3)11)15-13-9/h7-8H,4-6H2,1-3H3. The second kappa shape index (κ2) is 6.08. The third kappa shape index (κ3) is 3.47. The Labute approximate surface area is 95.0 Å². The van der Waals surface area contributed by atoms with E-state index in [1.54, 1.807) is 6.92 Å². The second-order valence-corrected chi connectivity index (χ2v) is 3.99. The van der Waals surface area contributed by atoms with Crippen molar-refractivity contribution in [2.24, 2.45) is 0 Å². The van der Waals surface area contributed by atoms with Crippen LogP contribution in [0.4, 0.5) is 0 Å². The number of hydrogen-bond donors (Lipinski definition) is 0. The number of alkyl halides is 1. The van der Waals surface area contributed by atoms with Gasteiger partial charge in [0.25, 0.3) is 0 Å². The van der Waals surface area contributed by atoms with Gasteiger partial charge in [0, 0.05) is 6.61 Å². The van der Waals surface area contributed by atoms with E-state index in [2.05, 4.69) is 17.1 Å². The van der Waals surface area contributed by atoms with Gasteiger partial charge in [0.05, 0.1) is 0 Å². The van der Waals surface area contributed by atoms with Crippen LogP contribution in [0.1, 0.15) is 56.8 Å². The van der Waals surface area contributed by atoms with E-state index in [1.807, 2.05) is 6.92 Å². The molecule has 0 aliphatic rings. The average Bonchev–Trinajstić information content (AvgIpc) is 2.66. The molecular formula is C10H17ClN2O2. The fraction of sp³-hybridized carbons (Fsp3) is 0.800. The van der Waals surface area contributed by atoms with Crippen LogP contribution >= 0.6 is 11.6 Å². The van der Waals surface area contributed by atoms with Gasteiger partial charge in [0.15, 0.2) is 0 Å². The van der Waals surface area contributed by atoms with Gasteiger partial charge >= 0.3 is 0 Å². The van der Waals surface area contributed by atoms with Crippen molar-refractivity contribution in [3.63, 3.8) is 0 Å². The van der Waals surface area contributed by atoms with Gasteiger partial charge in [-0.3, -0.25) is 0 Å². The minimum atomic E-state index is -0.254. The summed E-state index contributed by atoms with van der Waals surface area (Å²) >= 11 is 5.84. The molecule has 86 valence electrons. The molecule has 0 saturated heterocycles. The first-order valence-corrected chi connectivity index (χ1v) is 5.71. The highest BCUT2D eigenvalue weighted by atomic mass is 35.5. The van der Waals surface area contributed by atoms with Crippen LogP contribution in [0.5, 0.6) is 0 Å². The lowest BCUT2D eigenvalue weighted by Crippen LogP contribution is -2.06. The number of rotatable bonds is 6. The van der Waals surface area contributed by atoms with Crippen LogP contribution in [0.15, 0.2) is 4.52 Å². The summed E-state index contributed by atoms with van der Waals surface area (Å²) in [5.74, 6) is 1.05.